The zero-order chi connectivity index (χ0) is 15.9. The molecule has 6 nitrogen and oxygen atoms in total. The second kappa shape index (κ2) is 7.12. The van der Waals surface area contributed by atoms with Crippen LogP contribution in [0.25, 0.3) is 0 Å². The predicted octanol–water partition coefficient (Wildman–Crippen LogP) is 1.77. The summed E-state index contributed by atoms with van der Waals surface area (Å²) in [5.41, 5.74) is 12.2. The molecule has 2 aromatic rings. The summed E-state index contributed by atoms with van der Waals surface area (Å²) < 4.78 is 5.37. The number of methoxy groups -OCH3 is 1. The van der Waals surface area contributed by atoms with Crippen molar-refractivity contribution in [2.24, 2.45) is 16.5 Å². The monoisotopic (exact) mass is 298 g/mol. The molecule has 2 amide bonds. The first-order valence-corrected chi connectivity index (χ1v) is 6.70. The lowest BCUT2D eigenvalue weighted by molar-refractivity contribution is 0.247. The molecule has 22 heavy (non-hydrogen) atoms. The molecular formula is C16H18N4O2. The minimum Gasteiger partial charge on any atom is -0.496 e. The van der Waals surface area contributed by atoms with Gasteiger partial charge in [0.05, 0.1) is 13.2 Å². The number of carbonyl (C=O) groups excluding carboxylic acids is 1. The van der Waals surface area contributed by atoms with Crippen LogP contribution in [0.3, 0.4) is 0 Å². The van der Waals surface area contributed by atoms with E-state index in [2.05, 4.69) is 10.3 Å². The van der Waals surface area contributed by atoms with Gasteiger partial charge in [-0.05, 0) is 11.6 Å². The van der Waals surface area contributed by atoms with Gasteiger partial charge in [-0.1, -0.05) is 48.5 Å². The lowest BCUT2D eigenvalue weighted by Crippen LogP contribution is -2.31. The molecule has 0 bridgehead atoms. The number of hydrogen-bond donors (Lipinski definition) is 3. The average molecular weight is 298 g/mol. The normalized spacial score (nSPS) is 11.3. The zero-order valence-electron chi connectivity index (χ0n) is 12.2. The standard InChI is InChI=1S/C16H18N4O2/c1-22-13-10-6-5-9-12(13)14(11-7-3-2-4-8-11)19-16(21)20-15(17)18/h2-10,14H,1H3,(H5,17,18,19,20,21). The Labute approximate surface area is 128 Å². The highest BCUT2D eigenvalue weighted by Crippen LogP contribution is 2.29. The van der Waals surface area contributed by atoms with Gasteiger partial charge >= 0.3 is 6.03 Å². The number of hydrogen-bond acceptors (Lipinski definition) is 2. The Hall–Kier alpha value is -3.02. The fourth-order valence-corrected chi connectivity index (χ4v) is 2.16. The Morgan fingerprint density at radius 2 is 1.73 bits per heavy atom. The van der Waals surface area contributed by atoms with E-state index in [0.29, 0.717) is 5.75 Å². The molecular weight excluding hydrogens is 280 g/mol. The molecule has 1 unspecified atom stereocenters. The van der Waals surface area contributed by atoms with Crippen LogP contribution in [0.1, 0.15) is 17.2 Å². The first-order chi connectivity index (χ1) is 10.6. The first-order valence-electron chi connectivity index (χ1n) is 6.70. The molecule has 0 heterocycles. The molecule has 0 saturated heterocycles. The fraction of sp³-hybridized carbons (Fsp3) is 0.125. The minimum atomic E-state index is -0.611. The van der Waals surface area contributed by atoms with Gasteiger partial charge in [0, 0.05) is 5.56 Å². The van der Waals surface area contributed by atoms with Crippen LogP contribution in [-0.2, 0) is 0 Å². The number of benzene rings is 2. The van der Waals surface area contributed by atoms with E-state index in [1.165, 1.54) is 0 Å². The summed E-state index contributed by atoms with van der Waals surface area (Å²) in [7, 11) is 1.58. The van der Waals surface area contributed by atoms with Crippen molar-refractivity contribution in [3.05, 3.63) is 65.7 Å². The van der Waals surface area contributed by atoms with E-state index in [1.54, 1.807) is 7.11 Å². The highest BCUT2D eigenvalue weighted by atomic mass is 16.5. The predicted molar refractivity (Wildman–Crippen MR) is 85.6 cm³/mol. The fourth-order valence-electron chi connectivity index (χ4n) is 2.16. The van der Waals surface area contributed by atoms with Crippen LogP contribution in [0.2, 0.25) is 0 Å². The number of nitrogens with zero attached hydrogens (tertiary/aromatic N) is 1. The Kier molecular flexibility index (Phi) is 4.98. The Balaban J connectivity index is 2.42. The van der Waals surface area contributed by atoms with Crippen molar-refractivity contribution in [3.63, 3.8) is 0 Å². The number of nitrogens with two attached hydrogens (primary N) is 2. The van der Waals surface area contributed by atoms with E-state index >= 15 is 0 Å². The van der Waals surface area contributed by atoms with E-state index in [9.17, 15) is 4.79 Å². The minimum absolute atomic E-state index is 0.288. The summed E-state index contributed by atoms with van der Waals surface area (Å²) in [6.45, 7) is 0. The van der Waals surface area contributed by atoms with Gasteiger partial charge in [-0.2, -0.15) is 4.99 Å². The van der Waals surface area contributed by atoms with E-state index in [-0.39, 0.29) is 5.96 Å². The zero-order valence-corrected chi connectivity index (χ0v) is 12.2. The van der Waals surface area contributed by atoms with Crippen molar-refractivity contribution < 1.29 is 9.53 Å². The average Bonchev–Trinajstić information content (AvgIpc) is 2.53. The van der Waals surface area contributed by atoms with Gasteiger partial charge in [0.25, 0.3) is 0 Å². The van der Waals surface area contributed by atoms with Gasteiger partial charge in [0.2, 0.25) is 0 Å². The molecule has 2 rings (SSSR count). The van der Waals surface area contributed by atoms with Crippen LogP contribution in [0.15, 0.2) is 59.6 Å². The third-order valence-corrected chi connectivity index (χ3v) is 3.08. The van der Waals surface area contributed by atoms with E-state index in [4.69, 9.17) is 16.2 Å². The molecule has 5 N–H and O–H groups in total. The molecule has 0 spiro atoms. The van der Waals surface area contributed by atoms with Gasteiger partial charge in [-0.25, -0.2) is 4.79 Å². The Morgan fingerprint density at radius 1 is 1.09 bits per heavy atom. The highest BCUT2D eigenvalue weighted by Gasteiger charge is 2.20. The molecule has 0 aliphatic heterocycles. The molecule has 0 aliphatic carbocycles. The molecule has 0 aliphatic rings. The van der Waals surface area contributed by atoms with Gasteiger partial charge in [-0.3, -0.25) is 0 Å². The molecule has 2 aromatic carbocycles. The SMILES string of the molecule is COc1ccccc1C(NC(=O)N=C(N)N)c1ccccc1. The topological polar surface area (TPSA) is 103 Å². The summed E-state index contributed by atoms with van der Waals surface area (Å²) in [6, 6.07) is 15.9. The van der Waals surface area contributed by atoms with Crippen LogP contribution in [-0.4, -0.2) is 19.1 Å². The van der Waals surface area contributed by atoms with Crippen molar-refractivity contribution >= 4 is 12.0 Å². The van der Waals surface area contributed by atoms with Crippen LogP contribution in [0.4, 0.5) is 4.79 Å². The quantitative estimate of drug-likeness (QED) is 0.591. The maximum absolute atomic E-state index is 11.9. The smallest absolute Gasteiger partial charge is 0.344 e. The number of nitrogens with one attached hydrogen (secondary N) is 1. The van der Waals surface area contributed by atoms with E-state index < -0.39 is 12.1 Å². The third-order valence-electron chi connectivity index (χ3n) is 3.08. The van der Waals surface area contributed by atoms with Gasteiger partial charge in [-0.15, -0.1) is 0 Å². The molecule has 0 radical (unpaired) electrons. The second-order valence-electron chi connectivity index (χ2n) is 4.57. The van der Waals surface area contributed by atoms with Crippen molar-refractivity contribution in [2.45, 2.75) is 6.04 Å². The van der Waals surface area contributed by atoms with Gasteiger partial charge in [0.15, 0.2) is 5.96 Å². The van der Waals surface area contributed by atoms with Crippen LogP contribution in [0, 0.1) is 0 Å². The highest BCUT2D eigenvalue weighted by molar-refractivity contribution is 5.90. The maximum Gasteiger partial charge on any atom is 0.344 e. The number of carbonyl (C=O) groups is 1. The van der Waals surface area contributed by atoms with Crippen LogP contribution in [0.5, 0.6) is 5.75 Å². The lowest BCUT2D eigenvalue weighted by Gasteiger charge is -2.20. The summed E-state index contributed by atoms with van der Waals surface area (Å²) in [5.74, 6) is 0.380. The number of para-hydroxylation sites is 1. The van der Waals surface area contributed by atoms with Crippen molar-refractivity contribution in [1.82, 2.24) is 5.32 Å². The molecule has 114 valence electrons. The Bertz CT molecular complexity index is 667. The van der Waals surface area contributed by atoms with Gasteiger partial charge in [0.1, 0.15) is 5.75 Å². The number of urea groups is 1. The molecule has 1 atom stereocenters. The summed E-state index contributed by atoms with van der Waals surface area (Å²) >= 11 is 0. The summed E-state index contributed by atoms with van der Waals surface area (Å²) in [5, 5.41) is 2.79. The van der Waals surface area contributed by atoms with Crippen molar-refractivity contribution in [3.8, 4) is 5.75 Å². The largest absolute Gasteiger partial charge is 0.496 e. The summed E-state index contributed by atoms with van der Waals surface area (Å²) in [4.78, 5) is 15.4. The van der Waals surface area contributed by atoms with Crippen LogP contribution < -0.4 is 21.5 Å². The molecule has 0 saturated carbocycles. The first kappa shape index (κ1) is 15.4. The Morgan fingerprint density at radius 3 is 2.36 bits per heavy atom. The van der Waals surface area contributed by atoms with E-state index in [1.807, 2.05) is 54.6 Å². The second-order valence-corrected chi connectivity index (χ2v) is 4.57. The molecule has 6 heteroatoms. The van der Waals surface area contributed by atoms with Crippen molar-refractivity contribution in [1.29, 1.82) is 0 Å². The van der Waals surface area contributed by atoms with E-state index in [0.717, 1.165) is 11.1 Å². The number of rotatable bonds is 4. The maximum atomic E-state index is 11.9. The summed E-state index contributed by atoms with van der Waals surface area (Å²) in [6.07, 6.45) is 0. The molecule has 0 aromatic heterocycles. The molecule has 0 fully saturated rings. The van der Waals surface area contributed by atoms with Crippen LogP contribution >= 0.6 is 0 Å². The number of aliphatic imine (C=N–C) groups is 1. The van der Waals surface area contributed by atoms with Crippen molar-refractivity contribution in [2.75, 3.05) is 7.11 Å². The van der Waals surface area contributed by atoms with Gasteiger partial charge < -0.3 is 21.5 Å². The number of amides is 2. The lowest BCUT2D eigenvalue weighted by atomic mass is 9.98. The third kappa shape index (κ3) is 3.76. The number of guanidine groups is 1. The number of ether oxygens (including phenoxy) is 1.